The van der Waals surface area contributed by atoms with Crippen molar-refractivity contribution in [3.63, 3.8) is 0 Å². The molecule has 0 fully saturated rings. The molecule has 1 heterocycles. The number of rotatable bonds is 6. The molecular formula is C16H20N2O3. The number of esters is 2. The van der Waals surface area contributed by atoms with Crippen LogP contribution < -0.4 is 5.73 Å². The molecule has 0 amide bonds. The van der Waals surface area contributed by atoms with Crippen LogP contribution in [-0.2, 0) is 20.7 Å². The summed E-state index contributed by atoms with van der Waals surface area (Å²) in [6.45, 7) is 1.97. The second-order valence-electron chi connectivity index (χ2n) is 5.07. The number of hydrogen-bond donors (Lipinski definition) is 2. The zero-order valence-electron chi connectivity index (χ0n) is 12.1. The lowest BCUT2D eigenvalue weighted by atomic mass is 10.1. The minimum absolute atomic E-state index is 0.252. The minimum atomic E-state index is -0.838. The highest BCUT2D eigenvalue weighted by Gasteiger charge is 2.20. The topological polar surface area (TPSA) is 85.2 Å². The minimum Gasteiger partial charge on any atom is -0.392 e. The van der Waals surface area contributed by atoms with E-state index in [2.05, 4.69) is 4.98 Å². The zero-order valence-corrected chi connectivity index (χ0v) is 12.1. The van der Waals surface area contributed by atoms with E-state index in [9.17, 15) is 9.59 Å². The predicted molar refractivity (Wildman–Crippen MR) is 80.6 cm³/mol. The second kappa shape index (κ2) is 7.04. The number of aromatic nitrogens is 1. The highest BCUT2D eigenvalue weighted by molar-refractivity contribution is 5.89. The summed E-state index contributed by atoms with van der Waals surface area (Å²) in [5, 5.41) is 1.03. The maximum absolute atomic E-state index is 11.8. The second-order valence-corrected chi connectivity index (χ2v) is 5.07. The number of H-pyrrole nitrogens is 1. The van der Waals surface area contributed by atoms with Crippen molar-refractivity contribution in [3.05, 3.63) is 36.0 Å². The fourth-order valence-electron chi connectivity index (χ4n) is 2.18. The Morgan fingerprint density at radius 2 is 2.10 bits per heavy atom. The predicted octanol–water partition coefficient (Wildman–Crippen LogP) is 2.30. The van der Waals surface area contributed by atoms with E-state index in [1.807, 2.05) is 37.4 Å². The van der Waals surface area contributed by atoms with Crippen molar-refractivity contribution in [1.29, 1.82) is 0 Å². The molecule has 112 valence electrons. The van der Waals surface area contributed by atoms with Gasteiger partial charge in [0.2, 0.25) is 0 Å². The van der Waals surface area contributed by atoms with E-state index in [1.165, 1.54) is 0 Å². The molecule has 1 unspecified atom stereocenters. The molecule has 0 saturated heterocycles. The van der Waals surface area contributed by atoms with Crippen molar-refractivity contribution >= 4 is 22.8 Å². The average molecular weight is 288 g/mol. The Hall–Kier alpha value is -2.14. The number of hydrogen-bond acceptors (Lipinski definition) is 4. The quantitative estimate of drug-likeness (QED) is 0.631. The summed E-state index contributed by atoms with van der Waals surface area (Å²) in [6.07, 6.45) is 4.01. The lowest BCUT2D eigenvalue weighted by Gasteiger charge is -2.09. The van der Waals surface area contributed by atoms with E-state index in [-0.39, 0.29) is 6.42 Å². The molecule has 0 radical (unpaired) electrons. The monoisotopic (exact) mass is 288 g/mol. The van der Waals surface area contributed by atoms with Crippen molar-refractivity contribution in [2.45, 2.75) is 38.6 Å². The van der Waals surface area contributed by atoms with E-state index in [0.717, 1.165) is 22.9 Å². The van der Waals surface area contributed by atoms with Crippen LogP contribution in [0.2, 0.25) is 0 Å². The molecule has 1 aromatic heterocycles. The molecule has 21 heavy (non-hydrogen) atoms. The molecule has 0 saturated carbocycles. The Morgan fingerprint density at radius 3 is 2.86 bits per heavy atom. The molecule has 5 nitrogen and oxygen atoms in total. The number of ether oxygens (including phenoxy) is 1. The Morgan fingerprint density at radius 1 is 1.33 bits per heavy atom. The molecule has 3 N–H and O–H groups in total. The molecule has 0 aliphatic carbocycles. The molecular weight excluding hydrogens is 268 g/mol. The van der Waals surface area contributed by atoms with Gasteiger partial charge in [0.1, 0.15) is 6.04 Å². The molecule has 0 spiro atoms. The lowest BCUT2D eigenvalue weighted by molar-refractivity contribution is -0.160. The third-order valence-electron chi connectivity index (χ3n) is 3.37. The van der Waals surface area contributed by atoms with Crippen LogP contribution in [0.1, 0.15) is 31.7 Å². The van der Waals surface area contributed by atoms with Crippen LogP contribution in [0, 0.1) is 0 Å². The van der Waals surface area contributed by atoms with E-state index in [0.29, 0.717) is 12.8 Å². The van der Waals surface area contributed by atoms with Crippen LogP contribution >= 0.6 is 0 Å². The maximum Gasteiger partial charge on any atom is 0.330 e. The molecule has 5 heteroatoms. The highest BCUT2D eigenvalue weighted by atomic mass is 16.6. The first-order chi connectivity index (χ1) is 10.1. The van der Waals surface area contributed by atoms with Gasteiger partial charge in [-0.25, -0.2) is 4.79 Å². The summed E-state index contributed by atoms with van der Waals surface area (Å²) in [5.74, 6) is -1.17. The van der Waals surface area contributed by atoms with Gasteiger partial charge in [-0.05, 0) is 18.1 Å². The number of nitrogens with one attached hydrogen (secondary N) is 1. The summed E-state index contributed by atoms with van der Waals surface area (Å²) < 4.78 is 4.76. The average Bonchev–Trinajstić information content (AvgIpc) is 2.88. The smallest absolute Gasteiger partial charge is 0.330 e. The van der Waals surface area contributed by atoms with E-state index in [1.54, 1.807) is 0 Å². The molecule has 0 aliphatic rings. The van der Waals surface area contributed by atoms with Crippen molar-refractivity contribution in [1.82, 2.24) is 4.98 Å². The standard InChI is InChI=1S/C16H20N2O3/c1-2-3-8-15(19)21-16(20)13(17)9-11-10-18-14-7-5-4-6-12(11)14/h4-7,10,13,18H,2-3,8-9,17H2,1H3. The fraction of sp³-hybridized carbons (Fsp3) is 0.375. The van der Waals surface area contributed by atoms with Gasteiger partial charge in [-0.1, -0.05) is 31.5 Å². The molecule has 1 aromatic carbocycles. The van der Waals surface area contributed by atoms with Crippen molar-refractivity contribution in [3.8, 4) is 0 Å². The van der Waals surface area contributed by atoms with Gasteiger partial charge in [0.05, 0.1) is 0 Å². The summed E-state index contributed by atoms with van der Waals surface area (Å²) in [6, 6.07) is 6.94. The molecule has 2 aromatic rings. The zero-order chi connectivity index (χ0) is 15.2. The Balaban J connectivity index is 1.96. The van der Waals surface area contributed by atoms with Gasteiger partial charge in [0, 0.05) is 29.9 Å². The normalized spacial score (nSPS) is 12.3. The first kappa shape index (κ1) is 15.3. The number of carbonyl (C=O) groups excluding carboxylic acids is 2. The van der Waals surface area contributed by atoms with Gasteiger partial charge in [0.25, 0.3) is 0 Å². The third-order valence-corrected chi connectivity index (χ3v) is 3.37. The number of aromatic amines is 1. The van der Waals surface area contributed by atoms with Crippen LogP contribution in [0.25, 0.3) is 10.9 Å². The fourth-order valence-corrected chi connectivity index (χ4v) is 2.18. The number of benzene rings is 1. The van der Waals surface area contributed by atoms with E-state index >= 15 is 0 Å². The van der Waals surface area contributed by atoms with Gasteiger partial charge in [-0.3, -0.25) is 4.79 Å². The molecule has 0 bridgehead atoms. The maximum atomic E-state index is 11.8. The molecule has 1 atom stereocenters. The summed E-state index contributed by atoms with van der Waals surface area (Å²) in [4.78, 5) is 26.4. The third kappa shape index (κ3) is 3.92. The van der Waals surface area contributed by atoms with Crippen LogP contribution in [0.4, 0.5) is 0 Å². The number of unbranched alkanes of at least 4 members (excludes halogenated alkanes) is 1. The van der Waals surface area contributed by atoms with Crippen LogP contribution in [-0.4, -0.2) is 23.0 Å². The van der Waals surface area contributed by atoms with Crippen LogP contribution in [0.15, 0.2) is 30.5 Å². The van der Waals surface area contributed by atoms with Gasteiger partial charge in [0.15, 0.2) is 0 Å². The van der Waals surface area contributed by atoms with Crippen LogP contribution in [0.5, 0.6) is 0 Å². The van der Waals surface area contributed by atoms with E-state index < -0.39 is 18.0 Å². The number of carbonyl (C=O) groups is 2. The summed E-state index contributed by atoms with van der Waals surface area (Å²) >= 11 is 0. The van der Waals surface area contributed by atoms with Crippen molar-refractivity contribution < 1.29 is 14.3 Å². The van der Waals surface area contributed by atoms with Crippen molar-refractivity contribution in [2.75, 3.05) is 0 Å². The number of para-hydroxylation sites is 1. The van der Waals surface area contributed by atoms with Gasteiger partial charge >= 0.3 is 11.9 Å². The summed E-state index contributed by atoms with van der Waals surface area (Å²) in [5.41, 5.74) is 7.77. The first-order valence-corrected chi connectivity index (χ1v) is 7.17. The van der Waals surface area contributed by atoms with E-state index in [4.69, 9.17) is 10.5 Å². The molecule has 2 rings (SSSR count). The van der Waals surface area contributed by atoms with Gasteiger partial charge < -0.3 is 15.5 Å². The van der Waals surface area contributed by atoms with Gasteiger partial charge in [-0.15, -0.1) is 0 Å². The largest absolute Gasteiger partial charge is 0.392 e. The Bertz CT molecular complexity index is 633. The summed E-state index contributed by atoms with van der Waals surface area (Å²) in [7, 11) is 0. The van der Waals surface area contributed by atoms with Crippen LogP contribution in [0.3, 0.4) is 0 Å². The number of nitrogens with two attached hydrogens (primary N) is 1. The van der Waals surface area contributed by atoms with Crippen molar-refractivity contribution in [2.24, 2.45) is 5.73 Å². The lowest BCUT2D eigenvalue weighted by Crippen LogP contribution is -2.35. The molecule has 0 aliphatic heterocycles. The SMILES string of the molecule is CCCCC(=O)OC(=O)C(N)Cc1c[nH]c2ccccc12. The first-order valence-electron chi connectivity index (χ1n) is 7.17. The highest BCUT2D eigenvalue weighted by Crippen LogP contribution is 2.19. The Labute approximate surface area is 123 Å². The Kier molecular flexibility index (Phi) is 5.11. The van der Waals surface area contributed by atoms with Gasteiger partial charge in [-0.2, -0.15) is 0 Å². The number of fused-ring (bicyclic) bond motifs is 1.